The molecule has 1 saturated heterocycles. The van der Waals surface area contributed by atoms with E-state index in [1.54, 1.807) is 12.1 Å². The molecule has 1 aliphatic heterocycles. The third kappa shape index (κ3) is 5.74. The number of pyridine rings is 2. The van der Waals surface area contributed by atoms with E-state index in [0.717, 1.165) is 19.3 Å². The number of halogens is 1. The number of nitrogens with one attached hydrogen (secondary N) is 1. The minimum absolute atomic E-state index is 0. The predicted octanol–water partition coefficient (Wildman–Crippen LogP) is 5.28. The summed E-state index contributed by atoms with van der Waals surface area (Å²) in [5.41, 5.74) is 6.49. The monoisotopic (exact) mass is 571 g/mol. The van der Waals surface area contributed by atoms with E-state index < -0.39 is 21.7 Å². The van der Waals surface area contributed by atoms with E-state index in [0.29, 0.717) is 36.0 Å². The normalized spacial score (nSPS) is 17.3. The van der Waals surface area contributed by atoms with E-state index in [9.17, 15) is 17.6 Å². The number of benzene rings is 1. The predicted molar refractivity (Wildman–Crippen MR) is 155 cm³/mol. The van der Waals surface area contributed by atoms with Gasteiger partial charge < -0.3 is 15.4 Å². The summed E-state index contributed by atoms with van der Waals surface area (Å²) < 4.78 is 48.4. The number of nitrogen functional groups attached to an aromatic ring is 1. The van der Waals surface area contributed by atoms with Crippen LogP contribution in [0.2, 0.25) is 0 Å². The van der Waals surface area contributed by atoms with Crippen LogP contribution in [0.4, 0.5) is 16.0 Å². The van der Waals surface area contributed by atoms with Gasteiger partial charge in [-0.3, -0.25) is 4.79 Å². The molecule has 0 atom stereocenters. The molecule has 2 aliphatic rings. The van der Waals surface area contributed by atoms with Gasteiger partial charge in [-0.15, -0.1) is 0 Å². The van der Waals surface area contributed by atoms with Gasteiger partial charge in [-0.1, -0.05) is 19.9 Å². The van der Waals surface area contributed by atoms with Gasteiger partial charge in [-0.25, -0.2) is 19.1 Å². The molecule has 0 radical (unpaired) electrons. The Bertz CT molecular complexity index is 1580. The number of nitrogens with two attached hydrogens (primary N) is 1. The number of ether oxygens (including phenoxy) is 1. The van der Waals surface area contributed by atoms with Crippen molar-refractivity contribution in [1.29, 1.82) is 0 Å². The lowest BCUT2D eigenvalue weighted by Crippen LogP contribution is -2.41. The highest BCUT2D eigenvalue weighted by Crippen LogP contribution is 2.58. The van der Waals surface area contributed by atoms with Crippen LogP contribution in [0.1, 0.15) is 60.2 Å². The summed E-state index contributed by atoms with van der Waals surface area (Å²) in [6, 6.07) is 11.7. The standard InChI is InChI=1S/C29H34FN5O4S.2H2/c1-18(2)15-39-21-13-19(12-20(30)14-21)23-9-8-22(26(32-23)35-17-29(10-11-29)16-28(35,3)4)27(36)34-40(37,38)25-7-5-6-24(31)33-25;;/h5-9,12-14,18H,10-11,15-17H2,1-4H3,(H2,31,33)(H,34,36);2*1H. The van der Waals surface area contributed by atoms with Crippen molar-refractivity contribution in [2.45, 2.75) is 57.5 Å². The van der Waals surface area contributed by atoms with Crippen molar-refractivity contribution in [3.8, 4) is 17.0 Å². The zero-order chi connectivity index (χ0) is 28.9. The van der Waals surface area contributed by atoms with Crippen LogP contribution in [0.15, 0.2) is 53.6 Å². The SMILES string of the molecule is CC(C)COc1cc(F)cc(-c2ccc(C(=O)NS(=O)(=O)c3cccc(N)n3)c(N3CC4(CC4)CC3(C)C)n2)c1.[HH].[HH]. The topological polar surface area (TPSA) is 128 Å². The average Bonchev–Trinajstić information content (AvgIpc) is 3.56. The first-order chi connectivity index (χ1) is 18.8. The van der Waals surface area contributed by atoms with Gasteiger partial charge >= 0.3 is 0 Å². The van der Waals surface area contributed by atoms with Crippen molar-refractivity contribution in [2.75, 3.05) is 23.8 Å². The summed E-state index contributed by atoms with van der Waals surface area (Å²) in [6.07, 6.45) is 3.10. The Morgan fingerprint density at radius 1 is 1.18 bits per heavy atom. The smallest absolute Gasteiger partial charge is 0.281 e. The molecule has 11 heteroatoms. The largest absolute Gasteiger partial charge is 0.493 e. The summed E-state index contributed by atoms with van der Waals surface area (Å²) in [4.78, 5) is 24.2. The van der Waals surface area contributed by atoms with Gasteiger partial charge in [-0.2, -0.15) is 8.42 Å². The summed E-state index contributed by atoms with van der Waals surface area (Å²) >= 11 is 0. The van der Waals surface area contributed by atoms with E-state index in [1.165, 1.54) is 36.4 Å². The van der Waals surface area contributed by atoms with Crippen molar-refractivity contribution in [3.05, 3.63) is 59.9 Å². The van der Waals surface area contributed by atoms with Crippen molar-refractivity contribution in [3.63, 3.8) is 0 Å². The molecule has 40 heavy (non-hydrogen) atoms. The van der Waals surface area contributed by atoms with E-state index in [-0.39, 0.29) is 36.1 Å². The molecule has 5 rings (SSSR count). The van der Waals surface area contributed by atoms with Gasteiger partial charge in [0.2, 0.25) is 0 Å². The lowest BCUT2D eigenvalue weighted by atomic mass is 9.94. The Morgan fingerprint density at radius 2 is 1.93 bits per heavy atom. The second-order valence-corrected chi connectivity index (χ2v) is 13.5. The molecule has 0 unspecified atom stereocenters. The summed E-state index contributed by atoms with van der Waals surface area (Å²) in [7, 11) is -4.30. The number of nitrogens with zero attached hydrogens (tertiary/aromatic N) is 3. The van der Waals surface area contributed by atoms with Crippen molar-refractivity contribution >= 4 is 27.6 Å². The Labute approximate surface area is 237 Å². The second kappa shape index (κ2) is 10.0. The lowest BCUT2D eigenvalue weighted by molar-refractivity contribution is 0.0981. The summed E-state index contributed by atoms with van der Waals surface area (Å²) in [5, 5.41) is -0.362. The Morgan fingerprint density at radius 3 is 2.58 bits per heavy atom. The summed E-state index contributed by atoms with van der Waals surface area (Å²) in [5.74, 6) is -0.310. The molecule has 3 heterocycles. The number of hydrogen-bond acceptors (Lipinski definition) is 8. The fraction of sp³-hybridized carbons (Fsp3) is 0.414. The van der Waals surface area contributed by atoms with Crippen LogP contribution in [0, 0.1) is 17.2 Å². The molecular formula is C29H38FN5O4S. The van der Waals surface area contributed by atoms with Crippen LogP contribution in [-0.2, 0) is 10.0 Å². The third-order valence-electron chi connectivity index (χ3n) is 7.36. The van der Waals surface area contributed by atoms with Crippen molar-refractivity contribution in [2.24, 2.45) is 11.3 Å². The van der Waals surface area contributed by atoms with Crippen LogP contribution in [-0.4, -0.2) is 43.0 Å². The molecule has 3 N–H and O–H groups in total. The molecule has 2 aromatic heterocycles. The first-order valence-electron chi connectivity index (χ1n) is 13.3. The zero-order valence-corrected chi connectivity index (χ0v) is 23.9. The van der Waals surface area contributed by atoms with E-state index in [4.69, 9.17) is 15.5 Å². The fourth-order valence-corrected chi connectivity index (χ4v) is 6.29. The highest BCUT2D eigenvalue weighted by atomic mass is 32.2. The molecule has 1 spiro atoms. The Hall–Kier alpha value is -3.73. The quantitative estimate of drug-likeness (QED) is 0.374. The molecule has 1 aromatic carbocycles. The van der Waals surface area contributed by atoms with Crippen LogP contribution in [0.5, 0.6) is 5.75 Å². The van der Waals surface area contributed by atoms with E-state index in [1.807, 2.05) is 13.8 Å². The first-order valence-corrected chi connectivity index (χ1v) is 14.8. The summed E-state index contributed by atoms with van der Waals surface area (Å²) in [6.45, 7) is 9.30. The molecule has 1 amide bonds. The molecule has 1 aliphatic carbocycles. The average molecular weight is 572 g/mol. The number of anilines is 2. The molecule has 3 aromatic rings. The van der Waals surface area contributed by atoms with Gasteiger partial charge in [0.05, 0.1) is 17.9 Å². The molecule has 9 nitrogen and oxygen atoms in total. The van der Waals surface area contributed by atoms with Crippen LogP contribution < -0.4 is 20.1 Å². The van der Waals surface area contributed by atoms with Gasteiger partial charge in [0, 0.05) is 26.6 Å². The number of amides is 1. The van der Waals surface area contributed by atoms with Gasteiger partial charge in [0.15, 0.2) is 5.03 Å². The Balaban J connectivity index is 0.00000242. The first kappa shape index (κ1) is 27.8. The number of carbonyl (C=O) groups is 1. The minimum Gasteiger partial charge on any atom is -0.493 e. The maximum atomic E-state index is 14.6. The molecule has 216 valence electrons. The van der Waals surface area contributed by atoms with Crippen LogP contribution >= 0.6 is 0 Å². The third-order valence-corrected chi connectivity index (χ3v) is 8.59. The molecular weight excluding hydrogens is 533 g/mol. The van der Waals surface area contributed by atoms with Crippen molar-refractivity contribution in [1.82, 2.24) is 14.7 Å². The van der Waals surface area contributed by atoms with Gasteiger partial charge in [-0.05, 0) is 80.8 Å². The number of hydrogen-bond donors (Lipinski definition) is 2. The lowest BCUT2D eigenvalue weighted by Gasteiger charge is -2.34. The van der Waals surface area contributed by atoms with E-state index >= 15 is 0 Å². The van der Waals surface area contributed by atoms with Gasteiger partial charge in [0.1, 0.15) is 23.2 Å². The van der Waals surface area contributed by atoms with Crippen molar-refractivity contribution < 1.29 is 25.2 Å². The number of sulfonamides is 1. The zero-order valence-electron chi connectivity index (χ0n) is 23.1. The minimum atomic E-state index is -4.30. The highest BCUT2D eigenvalue weighted by molar-refractivity contribution is 7.90. The fourth-order valence-electron chi connectivity index (χ4n) is 5.35. The Kier molecular flexibility index (Phi) is 6.98. The highest BCUT2D eigenvalue weighted by Gasteiger charge is 2.56. The van der Waals surface area contributed by atoms with E-state index in [2.05, 4.69) is 28.5 Å². The van der Waals surface area contributed by atoms with Crippen LogP contribution in [0.3, 0.4) is 0 Å². The maximum absolute atomic E-state index is 14.6. The number of aromatic nitrogens is 2. The number of rotatable bonds is 8. The van der Waals surface area contributed by atoms with Crippen LogP contribution in [0.25, 0.3) is 11.3 Å². The molecule has 1 saturated carbocycles. The van der Waals surface area contributed by atoms with Gasteiger partial charge in [0.25, 0.3) is 15.9 Å². The second-order valence-electron chi connectivity index (χ2n) is 11.9. The maximum Gasteiger partial charge on any atom is 0.281 e. The molecule has 0 bridgehead atoms. The number of carbonyl (C=O) groups excluding carboxylic acids is 1. The molecule has 2 fully saturated rings.